The Morgan fingerprint density at radius 3 is 2.14 bits per heavy atom. The standard InChI is InChI=1S/C31H23F5/c1-2-3-4-5-22-18-29(34)26(30(35)19-22)14-9-21-7-11-23(28(33)17-21)10-6-20-8-13-25-24(16-20)12-15-27(32)31(25)36/h2-3,7-8,11-13,15-19H,4-5,9,14H2,1H3/b3-2+. The van der Waals surface area contributed by atoms with Crippen LogP contribution in [-0.4, -0.2) is 0 Å². The molecule has 36 heavy (non-hydrogen) atoms. The van der Waals surface area contributed by atoms with Gasteiger partial charge in [-0.15, -0.1) is 0 Å². The zero-order chi connectivity index (χ0) is 25.7. The zero-order valence-corrected chi connectivity index (χ0v) is 19.6. The van der Waals surface area contributed by atoms with Crippen molar-refractivity contribution in [3.8, 4) is 11.8 Å². The quantitative estimate of drug-likeness (QED) is 0.145. The van der Waals surface area contributed by atoms with Crippen LogP contribution in [0.25, 0.3) is 10.8 Å². The van der Waals surface area contributed by atoms with E-state index in [1.807, 2.05) is 19.1 Å². The zero-order valence-electron chi connectivity index (χ0n) is 19.6. The van der Waals surface area contributed by atoms with E-state index in [2.05, 4.69) is 11.8 Å². The molecule has 0 heterocycles. The molecule has 4 rings (SSSR count). The molecule has 0 aliphatic carbocycles. The van der Waals surface area contributed by atoms with Crippen molar-refractivity contribution in [1.82, 2.24) is 0 Å². The van der Waals surface area contributed by atoms with Gasteiger partial charge in [-0.2, -0.15) is 0 Å². The fourth-order valence-electron chi connectivity index (χ4n) is 4.02. The highest BCUT2D eigenvalue weighted by Crippen LogP contribution is 2.22. The van der Waals surface area contributed by atoms with Crippen LogP contribution < -0.4 is 0 Å². The normalized spacial score (nSPS) is 11.2. The number of halogens is 5. The number of allylic oxidation sites excluding steroid dienone is 2. The van der Waals surface area contributed by atoms with Crippen molar-refractivity contribution in [2.45, 2.75) is 32.6 Å². The molecule has 0 amide bonds. The molecule has 0 bridgehead atoms. The van der Waals surface area contributed by atoms with Gasteiger partial charge in [-0.05, 0) is 91.6 Å². The number of aryl methyl sites for hydroxylation is 2. The van der Waals surface area contributed by atoms with Gasteiger partial charge < -0.3 is 0 Å². The molecule has 4 aromatic rings. The summed E-state index contributed by atoms with van der Waals surface area (Å²) >= 11 is 0. The van der Waals surface area contributed by atoms with Crippen LogP contribution >= 0.6 is 0 Å². The minimum atomic E-state index is -0.925. The van der Waals surface area contributed by atoms with E-state index in [4.69, 9.17) is 0 Å². The van der Waals surface area contributed by atoms with Crippen LogP contribution in [-0.2, 0) is 19.3 Å². The van der Waals surface area contributed by atoms with Crippen molar-refractivity contribution in [3.05, 3.63) is 130 Å². The first-order valence-electron chi connectivity index (χ1n) is 11.6. The van der Waals surface area contributed by atoms with E-state index in [1.54, 1.807) is 18.2 Å². The SMILES string of the molecule is C/C=C/CCc1cc(F)c(CCc2ccc(C#Cc3ccc4c(F)c(F)ccc4c3)c(F)c2)c(F)c1. The Balaban J connectivity index is 1.46. The Labute approximate surface area is 207 Å². The fraction of sp³-hybridized carbons (Fsp3) is 0.161. The van der Waals surface area contributed by atoms with E-state index in [-0.39, 0.29) is 29.4 Å². The van der Waals surface area contributed by atoms with Crippen molar-refractivity contribution in [3.63, 3.8) is 0 Å². The molecule has 0 unspecified atom stereocenters. The summed E-state index contributed by atoms with van der Waals surface area (Å²) in [7, 11) is 0. The summed E-state index contributed by atoms with van der Waals surface area (Å²) in [5, 5.41) is 0.633. The van der Waals surface area contributed by atoms with Crippen LogP contribution in [0.3, 0.4) is 0 Å². The molecule has 0 aliphatic heterocycles. The van der Waals surface area contributed by atoms with Gasteiger partial charge in [-0.25, -0.2) is 22.0 Å². The van der Waals surface area contributed by atoms with Crippen LogP contribution in [0.1, 0.15) is 41.2 Å². The smallest absolute Gasteiger partial charge is 0.166 e. The van der Waals surface area contributed by atoms with Crippen molar-refractivity contribution < 1.29 is 22.0 Å². The van der Waals surface area contributed by atoms with Crippen molar-refractivity contribution in [1.29, 1.82) is 0 Å². The van der Waals surface area contributed by atoms with Gasteiger partial charge in [0.15, 0.2) is 11.6 Å². The molecule has 0 aliphatic rings. The third kappa shape index (κ3) is 5.83. The molecular weight excluding hydrogens is 467 g/mol. The lowest BCUT2D eigenvalue weighted by Crippen LogP contribution is -2.01. The van der Waals surface area contributed by atoms with Crippen LogP contribution in [0.5, 0.6) is 0 Å². The average molecular weight is 491 g/mol. The van der Waals surface area contributed by atoms with E-state index in [9.17, 15) is 22.0 Å². The second-order valence-electron chi connectivity index (χ2n) is 8.51. The first-order chi connectivity index (χ1) is 17.4. The van der Waals surface area contributed by atoms with Gasteiger partial charge in [0.2, 0.25) is 0 Å². The maximum atomic E-state index is 14.6. The summed E-state index contributed by atoms with van der Waals surface area (Å²) in [5.74, 6) is 2.01. The monoisotopic (exact) mass is 490 g/mol. The van der Waals surface area contributed by atoms with E-state index < -0.39 is 29.1 Å². The van der Waals surface area contributed by atoms with Gasteiger partial charge >= 0.3 is 0 Å². The molecule has 4 aromatic carbocycles. The second kappa shape index (κ2) is 11.2. The summed E-state index contributed by atoms with van der Waals surface area (Å²) in [4.78, 5) is 0. The molecule has 5 heteroatoms. The molecule has 0 N–H and O–H groups in total. The van der Waals surface area contributed by atoms with Crippen molar-refractivity contribution in [2.24, 2.45) is 0 Å². The molecule has 0 fully saturated rings. The minimum absolute atomic E-state index is 0.0123. The topological polar surface area (TPSA) is 0 Å². The molecular formula is C31H23F5. The van der Waals surface area contributed by atoms with E-state index in [1.165, 1.54) is 36.4 Å². The molecule has 0 nitrogen and oxygen atoms in total. The maximum absolute atomic E-state index is 14.6. The third-order valence-corrected chi connectivity index (χ3v) is 5.98. The Bertz CT molecular complexity index is 1480. The van der Waals surface area contributed by atoms with Crippen molar-refractivity contribution >= 4 is 10.8 Å². The van der Waals surface area contributed by atoms with Crippen LogP contribution in [0.4, 0.5) is 22.0 Å². The predicted octanol–water partition coefficient (Wildman–Crippen LogP) is 8.23. The van der Waals surface area contributed by atoms with E-state index >= 15 is 0 Å². The van der Waals surface area contributed by atoms with Gasteiger partial charge in [0.25, 0.3) is 0 Å². The maximum Gasteiger partial charge on any atom is 0.166 e. The van der Waals surface area contributed by atoms with Crippen LogP contribution in [0.15, 0.2) is 72.8 Å². The van der Waals surface area contributed by atoms with Crippen LogP contribution in [0.2, 0.25) is 0 Å². The second-order valence-corrected chi connectivity index (χ2v) is 8.51. The lowest BCUT2D eigenvalue weighted by Gasteiger charge is -2.09. The molecule has 0 saturated heterocycles. The lowest BCUT2D eigenvalue weighted by molar-refractivity contribution is 0.517. The molecule has 0 radical (unpaired) electrons. The minimum Gasteiger partial charge on any atom is -0.207 e. The summed E-state index contributed by atoms with van der Waals surface area (Å²) in [6, 6.07) is 14.3. The fourth-order valence-corrected chi connectivity index (χ4v) is 4.02. The highest BCUT2D eigenvalue weighted by molar-refractivity contribution is 5.84. The lowest BCUT2D eigenvalue weighted by atomic mass is 9.99. The highest BCUT2D eigenvalue weighted by atomic mass is 19.2. The third-order valence-electron chi connectivity index (χ3n) is 5.98. The molecule has 0 saturated carbocycles. The predicted molar refractivity (Wildman–Crippen MR) is 133 cm³/mol. The number of hydrogen-bond acceptors (Lipinski definition) is 0. The summed E-state index contributed by atoms with van der Waals surface area (Å²) in [5.41, 5.74) is 1.87. The summed E-state index contributed by atoms with van der Waals surface area (Å²) < 4.78 is 70.8. The van der Waals surface area contributed by atoms with Crippen molar-refractivity contribution in [2.75, 3.05) is 0 Å². The molecule has 182 valence electrons. The summed E-state index contributed by atoms with van der Waals surface area (Å²) in [6.07, 6.45) is 5.47. The van der Waals surface area contributed by atoms with Crippen LogP contribution in [0, 0.1) is 40.9 Å². The Kier molecular flexibility index (Phi) is 7.85. The van der Waals surface area contributed by atoms with E-state index in [0.717, 1.165) is 6.07 Å². The highest BCUT2D eigenvalue weighted by Gasteiger charge is 2.12. The van der Waals surface area contributed by atoms with E-state index in [0.29, 0.717) is 34.9 Å². The first-order valence-corrected chi connectivity index (χ1v) is 11.6. The number of benzene rings is 4. The Hall–Kier alpha value is -3.91. The Morgan fingerprint density at radius 1 is 0.667 bits per heavy atom. The number of fused-ring (bicyclic) bond motifs is 1. The largest absolute Gasteiger partial charge is 0.207 e. The van der Waals surface area contributed by atoms with Gasteiger partial charge in [-0.3, -0.25) is 0 Å². The summed E-state index contributed by atoms with van der Waals surface area (Å²) in [6.45, 7) is 1.89. The van der Waals surface area contributed by atoms with Gasteiger partial charge in [0.05, 0.1) is 5.56 Å². The molecule has 0 aromatic heterocycles. The molecule has 0 spiro atoms. The molecule has 0 atom stereocenters. The van der Waals surface area contributed by atoms with Gasteiger partial charge in [0, 0.05) is 16.5 Å². The number of rotatable bonds is 6. The van der Waals surface area contributed by atoms with Gasteiger partial charge in [-0.1, -0.05) is 42.2 Å². The number of hydrogen-bond donors (Lipinski definition) is 0. The first kappa shape index (κ1) is 25.2. The van der Waals surface area contributed by atoms with Gasteiger partial charge in [0.1, 0.15) is 17.5 Å². The Morgan fingerprint density at radius 2 is 1.42 bits per heavy atom. The average Bonchev–Trinajstić information content (AvgIpc) is 2.85.